The van der Waals surface area contributed by atoms with Gasteiger partial charge in [-0.15, -0.1) is 0 Å². The average Bonchev–Trinajstić information content (AvgIpc) is 3.11. The van der Waals surface area contributed by atoms with Gasteiger partial charge in [-0.05, 0) is 12.3 Å². The first-order chi connectivity index (χ1) is 13.7. The van der Waals surface area contributed by atoms with Gasteiger partial charge in [0.25, 0.3) is 5.91 Å². The van der Waals surface area contributed by atoms with Crippen LogP contribution in [0, 0.1) is 5.92 Å². The molecule has 3 rings (SSSR count). The zero-order chi connectivity index (χ0) is 21.2. The number of halogens is 3. The highest BCUT2D eigenvalue weighted by atomic mass is 19.4. The fraction of sp³-hybridized carbons (Fsp3) is 0.722. The molecule has 1 fully saturated rings. The fourth-order valence-corrected chi connectivity index (χ4v) is 3.50. The molecule has 0 saturated carbocycles. The second kappa shape index (κ2) is 8.60. The molecular weight excluding hydrogens is 391 g/mol. The van der Waals surface area contributed by atoms with Crippen molar-refractivity contribution in [1.82, 2.24) is 20.0 Å². The Labute approximate surface area is 166 Å². The van der Waals surface area contributed by atoms with Crippen LogP contribution in [0.25, 0.3) is 0 Å². The molecule has 2 atom stereocenters. The smallest absolute Gasteiger partial charge is 0.378 e. The molecule has 0 unspecified atom stereocenters. The van der Waals surface area contributed by atoms with E-state index in [0.717, 1.165) is 4.68 Å². The summed E-state index contributed by atoms with van der Waals surface area (Å²) in [5.74, 6) is -0.541. The second-order valence-corrected chi connectivity index (χ2v) is 7.65. The van der Waals surface area contributed by atoms with E-state index in [-0.39, 0.29) is 48.8 Å². The van der Waals surface area contributed by atoms with Gasteiger partial charge >= 0.3 is 6.18 Å². The topological polar surface area (TPSA) is 88.5 Å². The largest absolute Gasteiger partial charge is 0.410 e. The molecule has 11 heteroatoms. The van der Waals surface area contributed by atoms with Crippen LogP contribution in [0.3, 0.4) is 0 Å². The van der Waals surface area contributed by atoms with Crippen molar-refractivity contribution >= 4 is 17.6 Å². The first-order valence-corrected chi connectivity index (χ1v) is 9.73. The monoisotopic (exact) mass is 417 g/mol. The van der Waals surface area contributed by atoms with E-state index in [2.05, 4.69) is 15.7 Å². The summed E-state index contributed by atoms with van der Waals surface area (Å²) in [6, 6.07) is -0.824. The Hall–Kier alpha value is -2.30. The van der Waals surface area contributed by atoms with Gasteiger partial charge in [-0.1, -0.05) is 13.8 Å². The lowest BCUT2D eigenvalue weighted by Gasteiger charge is -2.35. The van der Waals surface area contributed by atoms with Crippen LogP contribution in [0.4, 0.5) is 19.0 Å². The van der Waals surface area contributed by atoms with Crippen LogP contribution < -0.4 is 10.6 Å². The van der Waals surface area contributed by atoms with Crippen LogP contribution in [0.5, 0.6) is 0 Å². The standard InChI is InChI=1S/C18H26F3N5O3/c1-11(2)12-9-14(18(19,20)21)26-15(23-12)10-13(24-26)17(28)22-4-3-16(27)25-5-7-29-8-6-25/h10-12,14,23H,3-9H2,1-2H3,(H,22,28)/t12-,14+/m0/s1. The number of aromatic nitrogens is 2. The van der Waals surface area contributed by atoms with Gasteiger partial charge in [0.05, 0.1) is 13.2 Å². The molecule has 0 aromatic carbocycles. The van der Waals surface area contributed by atoms with E-state index < -0.39 is 18.1 Å². The normalized spacial score (nSPS) is 22.2. The minimum atomic E-state index is -4.46. The molecule has 162 valence electrons. The maximum absolute atomic E-state index is 13.5. The molecule has 0 bridgehead atoms. The van der Waals surface area contributed by atoms with Gasteiger partial charge < -0.3 is 20.3 Å². The summed E-state index contributed by atoms with van der Waals surface area (Å²) < 4.78 is 46.5. The molecule has 2 aliphatic rings. The lowest BCUT2D eigenvalue weighted by atomic mass is 9.94. The van der Waals surface area contributed by atoms with E-state index in [9.17, 15) is 22.8 Å². The van der Waals surface area contributed by atoms with Gasteiger partial charge in [0.15, 0.2) is 11.7 Å². The highest BCUT2D eigenvalue weighted by molar-refractivity contribution is 5.93. The zero-order valence-electron chi connectivity index (χ0n) is 16.5. The van der Waals surface area contributed by atoms with Gasteiger partial charge in [-0.25, -0.2) is 4.68 Å². The molecule has 1 aromatic rings. The van der Waals surface area contributed by atoms with Crippen molar-refractivity contribution in [3.8, 4) is 0 Å². The lowest BCUT2D eigenvalue weighted by molar-refractivity contribution is -0.174. The minimum Gasteiger partial charge on any atom is -0.378 e. The molecule has 2 aliphatic heterocycles. The maximum Gasteiger partial charge on any atom is 0.410 e. The van der Waals surface area contributed by atoms with Gasteiger partial charge in [-0.2, -0.15) is 18.3 Å². The minimum absolute atomic E-state index is 0.00743. The predicted molar refractivity (Wildman–Crippen MR) is 98.5 cm³/mol. The third-order valence-corrected chi connectivity index (χ3v) is 5.24. The summed E-state index contributed by atoms with van der Waals surface area (Å²) in [6.45, 7) is 5.78. The molecule has 2 N–H and O–H groups in total. The predicted octanol–water partition coefficient (Wildman–Crippen LogP) is 1.81. The van der Waals surface area contributed by atoms with Crippen LogP contribution in [0.1, 0.15) is 43.2 Å². The Bertz CT molecular complexity index is 744. The molecule has 0 aliphatic carbocycles. The quantitative estimate of drug-likeness (QED) is 0.763. The fourth-order valence-electron chi connectivity index (χ4n) is 3.50. The summed E-state index contributed by atoms with van der Waals surface area (Å²) in [6.07, 6.45) is -4.50. The summed E-state index contributed by atoms with van der Waals surface area (Å²) in [5.41, 5.74) is -0.107. The van der Waals surface area contributed by atoms with Gasteiger partial charge in [0.2, 0.25) is 5.91 Å². The third kappa shape index (κ3) is 5.01. The van der Waals surface area contributed by atoms with E-state index in [1.54, 1.807) is 4.90 Å². The van der Waals surface area contributed by atoms with E-state index in [1.807, 2.05) is 13.8 Å². The summed E-state index contributed by atoms with van der Waals surface area (Å²) in [7, 11) is 0. The highest BCUT2D eigenvalue weighted by Crippen LogP contribution is 2.40. The van der Waals surface area contributed by atoms with Gasteiger partial charge in [0.1, 0.15) is 5.82 Å². The number of ether oxygens (including phenoxy) is 1. The number of amides is 2. The average molecular weight is 417 g/mol. The first-order valence-electron chi connectivity index (χ1n) is 9.73. The Morgan fingerprint density at radius 1 is 1.34 bits per heavy atom. The second-order valence-electron chi connectivity index (χ2n) is 7.65. The molecule has 3 heterocycles. The number of nitrogens with zero attached hydrogens (tertiary/aromatic N) is 3. The number of carbonyl (C=O) groups excluding carboxylic acids is 2. The summed E-state index contributed by atoms with van der Waals surface area (Å²) >= 11 is 0. The molecule has 29 heavy (non-hydrogen) atoms. The van der Waals surface area contributed by atoms with Crippen molar-refractivity contribution in [2.45, 2.75) is 44.9 Å². The number of rotatable bonds is 5. The van der Waals surface area contributed by atoms with E-state index in [1.165, 1.54) is 6.07 Å². The van der Waals surface area contributed by atoms with Crippen molar-refractivity contribution in [3.63, 3.8) is 0 Å². The van der Waals surface area contributed by atoms with Crippen molar-refractivity contribution in [2.24, 2.45) is 5.92 Å². The van der Waals surface area contributed by atoms with Crippen molar-refractivity contribution in [1.29, 1.82) is 0 Å². The number of morpholine rings is 1. The van der Waals surface area contributed by atoms with Crippen molar-refractivity contribution < 1.29 is 27.5 Å². The number of nitrogens with one attached hydrogen (secondary N) is 2. The number of carbonyl (C=O) groups is 2. The number of fused-ring (bicyclic) bond motifs is 1. The third-order valence-electron chi connectivity index (χ3n) is 5.24. The number of anilines is 1. The number of hydrogen-bond acceptors (Lipinski definition) is 5. The van der Waals surface area contributed by atoms with Crippen LogP contribution in [0.2, 0.25) is 0 Å². The Morgan fingerprint density at radius 3 is 2.66 bits per heavy atom. The summed E-state index contributed by atoms with van der Waals surface area (Å²) in [4.78, 5) is 26.1. The van der Waals surface area contributed by atoms with E-state index in [4.69, 9.17) is 4.74 Å². The van der Waals surface area contributed by atoms with Gasteiger partial charge in [0, 0.05) is 38.2 Å². The highest BCUT2D eigenvalue weighted by Gasteiger charge is 2.47. The molecular formula is C18H26F3N5O3. The molecule has 0 radical (unpaired) electrons. The maximum atomic E-state index is 13.5. The molecule has 0 spiro atoms. The zero-order valence-corrected chi connectivity index (χ0v) is 16.5. The molecule has 8 nitrogen and oxygen atoms in total. The van der Waals surface area contributed by atoms with Crippen LogP contribution in [-0.2, 0) is 9.53 Å². The lowest BCUT2D eigenvalue weighted by Crippen LogP contribution is -2.42. The molecule has 2 amide bonds. The van der Waals surface area contributed by atoms with Crippen LogP contribution in [-0.4, -0.2) is 71.6 Å². The van der Waals surface area contributed by atoms with E-state index >= 15 is 0 Å². The SMILES string of the molecule is CC(C)[C@@H]1C[C@H](C(F)(F)F)n2nc(C(=O)NCCC(=O)N3CCOCC3)cc2N1. The van der Waals surface area contributed by atoms with Gasteiger partial charge in [-0.3, -0.25) is 9.59 Å². The van der Waals surface area contributed by atoms with Crippen LogP contribution >= 0.6 is 0 Å². The number of hydrogen-bond donors (Lipinski definition) is 2. The molecule has 1 saturated heterocycles. The Balaban J connectivity index is 1.63. The Morgan fingerprint density at radius 2 is 2.03 bits per heavy atom. The number of alkyl halides is 3. The van der Waals surface area contributed by atoms with Crippen LogP contribution in [0.15, 0.2) is 6.07 Å². The van der Waals surface area contributed by atoms with Crippen molar-refractivity contribution in [3.05, 3.63) is 11.8 Å². The first kappa shape index (κ1) is 21.4. The van der Waals surface area contributed by atoms with E-state index in [0.29, 0.717) is 26.3 Å². The molecule has 1 aromatic heterocycles. The Kier molecular flexibility index (Phi) is 6.35. The van der Waals surface area contributed by atoms with Crippen molar-refractivity contribution in [2.75, 3.05) is 38.2 Å². The summed E-state index contributed by atoms with van der Waals surface area (Å²) in [5, 5.41) is 9.49.